The smallest absolute Gasteiger partial charge is 0.204 e. The highest BCUT2D eigenvalue weighted by atomic mass is 32.2. The third-order valence-corrected chi connectivity index (χ3v) is 7.74. The van der Waals surface area contributed by atoms with Crippen molar-refractivity contribution in [1.82, 2.24) is 19.2 Å². The molecular weight excluding hydrogens is 447 g/mol. The van der Waals surface area contributed by atoms with E-state index in [9.17, 15) is 12.8 Å². The largest absolute Gasteiger partial charge is 0.280 e. The zero-order valence-corrected chi connectivity index (χ0v) is 19.8. The number of aromatic nitrogens is 3. The summed E-state index contributed by atoms with van der Waals surface area (Å²) in [5.41, 5.74) is 1.61. The summed E-state index contributed by atoms with van der Waals surface area (Å²) in [5, 5.41) is 4.82. The number of nitrogens with zero attached hydrogens (tertiary/aromatic N) is 4. The molecule has 1 aliphatic heterocycles. The van der Waals surface area contributed by atoms with E-state index >= 15 is 0 Å². The van der Waals surface area contributed by atoms with E-state index in [1.54, 1.807) is 16.8 Å². The lowest BCUT2D eigenvalue weighted by Gasteiger charge is -2.29. The van der Waals surface area contributed by atoms with Gasteiger partial charge in [-0.05, 0) is 48.8 Å². The first kappa shape index (κ1) is 22.8. The van der Waals surface area contributed by atoms with E-state index in [4.69, 9.17) is 17.3 Å². The van der Waals surface area contributed by atoms with Crippen LogP contribution >= 0.6 is 12.2 Å². The van der Waals surface area contributed by atoms with Gasteiger partial charge in [0.25, 0.3) is 0 Å². The summed E-state index contributed by atoms with van der Waals surface area (Å²) in [6, 6.07) is 15.8. The van der Waals surface area contributed by atoms with Crippen molar-refractivity contribution < 1.29 is 12.8 Å². The maximum Gasteiger partial charge on any atom is 0.204 e. The van der Waals surface area contributed by atoms with E-state index < -0.39 is 9.84 Å². The van der Waals surface area contributed by atoms with Crippen LogP contribution < -0.4 is 0 Å². The number of rotatable bonds is 7. The molecule has 0 spiro atoms. The molecule has 0 radical (unpaired) electrons. The van der Waals surface area contributed by atoms with Gasteiger partial charge < -0.3 is 0 Å². The second kappa shape index (κ2) is 9.25. The van der Waals surface area contributed by atoms with Crippen molar-refractivity contribution in [2.24, 2.45) is 5.92 Å². The van der Waals surface area contributed by atoms with Gasteiger partial charge in [0.1, 0.15) is 5.82 Å². The Bertz CT molecular complexity index is 1240. The fourth-order valence-electron chi connectivity index (χ4n) is 4.12. The normalized spacial score (nSPS) is 18.0. The molecule has 9 heteroatoms. The Hall–Kier alpha value is -2.36. The molecule has 0 N–H and O–H groups in total. The summed E-state index contributed by atoms with van der Waals surface area (Å²) in [4.78, 5) is 2.17. The number of hydrogen-bond acceptors (Lipinski definition) is 5. The highest BCUT2D eigenvalue weighted by Gasteiger charge is 2.33. The molecule has 1 unspecified atom stereocenters. The van der Waals surface area contributed by atoms with Gasteiger partial charge in [-0.3, -0.25) is 9.47 Å². The molecule has 1 saturated heterocycles. The SMILES string of the molecule is CC(C)CN(Cn1nc(-c2ccccc2)n(-c2ccc(F)cc2)c1=S)C1CCS(=O)(=O)C1. The first-order chi connectivity index (χ1) is 15.2. The molecule has 1 aliphatic rings. The molecule has 0 bridgehead atoms. The van der Waals surface area contributed by atoms with Gasteiger partial charge in [0, 0.05) is 18.2 Å². The summed E-state index contributed by atoms with van der Waals surface area (Å²) in [7, 11) is -3.01. The number of benzene rings is 2. The van der Waals surface area contributed by atoms with Gasteiger partial charge in [-0.25, -0.2) is 17.5 Å². The van der Waals surface area contributed by atoms with E-state index in [0.29, 0.717) is 29.6 Å². The van der Waals surface area contributed by atoms with Crippen molar-refractivity contribution in [3.8, 4) is 17.1 Å². The Morgan fingerprint density at radius 1 is 1.16 bits per heavy atom. The van der Waals surface area contributed by atoms with Crippen molar-refractivity contribution in [1.29, 1.82) is 0 Å². The van der Waals surface area contributed by atoms with Crippen LogP contribution in [0.15, 0.2) is 54.6 Å². The van der Waals surface area contributed by atoms with Crippen LogP contribution in [-0.2, 0) is 16.5 Å². The van der Waals surface area contributed by atoms with E-state index in [-0.39, 0.29) is 23.4 Å². The topological polar surface area (TPSA) is 60.1 Å². The first-order valence-electron chi connectivity index (χ1n) is 10.7. The highest BCUT2D eigenvalue weighted by molar-refractivity contribution is 7.91. The highest BCUT2D eigenvalue weighted by Crippen LogP contribution is 2.25. The minimum absolute atomic E-state index is 0.0551. The minimum atomic E-state index is -3.01. The summed E-state index contributed by atoms with van der Waals surface area (Å²) < 4.78 is 41.8. The lowest BCUT2D eigenvalue weighted by atomic mass is 10.1. The summed E-state index contributed by atoms with van der Waals surface area (Å²) in [6.45, 7) is 5.36. The third kappa shape index (κ3) is 5.00. The lowest BCUT2D eigenvalue weighted by Crippen LogP contribution is -2.40. The molecule has 1 aromatic heterocycles. The van der Waals surface area contributed by atoms with Crippen LogP contribution in [0.25, 0.3) is 17.1 Å². The second-order valence-corrected chi connectivity index (χ2v) is 11.2. The van der Waals surface area contributed by atoms with E-state index in [1.807, 2.05) is 34.9 Å². The average molecular weight is 475 g/mol. The molecule has 2 aromatic carbocycles. The fraction of sp³-hybridized carbons (Fsp3) is 0.391. The zero-order chi connectivity index (χ0) is 22.9. The molecule has 1 fully saturated rings. The van der Waals surface area contributed by atoms with Crippen LogP contribution in [0.1, 0.15) is 20.3 Å². The molecule has 1 atom stereocenters. The van der Waals surface area contributed by atoms with Gasteiger partial charge in [-0.1, -0.05) is 44.2 Å². The lowest BCUT2D eigenvalue weighted by molar-refractivity contribution is 0.137. The molecule has 6 nitrogen and oxygen atoms in total. The molecule has 0 aliphatic carbocycles. The first-order valence-corrected chi connectivity index (χ1v) is 12.9. The number of sulfone groups is 1. The van der Waals surface area contributed by atoms with E-state index in [2.05, 4.69) is 18.7 Å². The molecule has 170 valence electrons. The quantitative estimate of drug-likeness (QED) is 0.478. The Morgan fingerprint density at radius 3 is 2.44 bits per heavy atom. The van der Waals surface area contributed by atoms with Crippen LogP contribution in [0.3, 0.4) is 0 Å². The number of halogens is 1. The van der Waals surface area contributed by atoms with E-state index in [1.165, 1.54) is 12.1 Å². The van der Waals surface area contributed by atoms with Crippen molar-refractivity contribution in [2.45, 2.75) is 33.0 Å². The maximum absolute atomic E-state index is 13.5. The van der Waals surface area contributed by atoms with Gasteiger partial charge in [-0.2, -0.15) is 0 Å². The van der Waals surface area contributed by atoms with Gasteiger partial charge >= 0.3 is 0 Å². The average Bonchev–Trinajstić information content (AvgIpc) is 3.28. The number of hydrogen-bond donors (Lipinski definition) is 0. The molecule has 32 heavy (non-hydrogen) atoms. The van der Waals surface area contributed by atoms with Crippen LogP contribution in [0.5, 0.6) is 0 Å². The molecule has 0 amide bonds. The molecule has 4 rings (SSSR count). The summed E-state index contributed by atoms with van der Waals surface area (Å²) in [6.07, 6.45) is 0.618. The van der Waals surface area contributed by atoms with Crippen molar-refractivity contribution in [3.63, 3.8) is 0 Å². The maximum atomic E-state index is 13.5. The summed E-state index contributed by atoms with van der Waals surface area (Å²) >= 11 is 5.80. The Balaban J connectivity index is 1.76. The molecular formula is C23H27FN4O2S2. The van der Waals surface area contributed by atoms with Crippen LogP contribution in [0, 0.1) is 16.5 Å². The molecule has 0 saturated carbocycles. The molecule has 3 aromatic rings. The minimum Gasteiger partial charge on any atom is -0.280 e. The van der Waals surface area contributed by atoms with Gasteiger partial charge in [0.15, 0.2) is 15.7 Å². The predicted molar refractivity (Wildman–Crippen MR) is 126 cm³/mol. The van der Waals surface area contributed by atoms with Gasteiger partial charge in [0.2, 0.25) is 4.77 Å². The van der Waals surface area contributed by atoms with Crippen LogP contribution in [-0.4, -0.2) is 51.8 Å². The van der Waals surface area contributed by atoms with Crippen LogP contribution in [0.4, 0.5) is 4.39 Å². The summed E-state index contributed by atoms with van der Waals surface area (Å²) in [5.74, 6) is 1.08. The van der Waals surface area contributed by atoms with Gasteiger partial charge in [0.05, 0.1) is 23.9 Å². The Kier molecular flexibility index (Phi) is 6.60. The van der Waals surface area contributed by atoms with Gasteiger partial charge in [-0.15, -0.1) is 5.10 Å². The standard InChI is InChI=1S/C23H27FN4O2S2/c1-17(2)14-26(21-12-13-32(29,30)15-21)16-27-23(31)28(20-10-8-19(24)9-11-20)22(25-27)18-6-4-3-5-7-18/h3-11,17,21H,12-16H2,1-2H3. The van der Waals surface area contributed by atoms with Crippen molar-refractivity contribution in [2.75, 3.05) is 18.1 Å². The fourth-order valence-corrected chi connectivity index (χ4v) is 6.18. The second-order valence-electron chi connectivity index (χ2n) is 8.65. The van der Waals surface area contributed by atoms with Crippen LogP contribution in [0.2, 0.25) is 0 Å². The van der Waals surface area contributed by atoms with E-state index in [0.717, 1.165) is 17.8 Å². The molecule has 2 heterocycles. The predicted octanol–water partition coefficient (Wildman–Crippen LogP) is 4.31. The monoisotopic (exact) mass is 474 g/mol. The zero-order valence-electron chi connectivity index (χ0n) is 18.2. The Morgan fingerprint density at radius 2 is 1.84 bits per heavy atom. The van der Waals surface area contributed by atoms with Crippen molar-refractivity contribution >= 4 is 22.1 Å². The third-order valence-electron chi connectivity index (χ3n) is 5.60. The Labute approximate surface area is 193 Å². The van der Waals surface area contributed by atoms with Crippen molar-refractivity contribution in [3.05, 3.63) is 65.2 Å².